The number of benzene rings is 1. The Morgan fingerprint density at radius 1 is 1.24 bits per heavy atom. The molecule has 0 fully saturated rings. The van der Waals surface area contributed by atoms with Crippen molar-refractivity contribution in [3.8, 4) is 5.75 Å². The summed E-state index contributed by atoms with van der Waals surface area (Å²) in [5, 5.41) is 6.53. The molecule has 0 bridgehead atoms. The van der Waals surface area contributed by atoms with Gasteiger partial charge < -0.3 is 21.1 Å². The number of nitrogens with two attached hydrogens (primary N) is 1. The monoisotopic (exact) mass is 285 g/mol. The van der Waals surface area contributed by atoms with Crippen LogP contribution < -0.4 is 21.1 Å². The van der Waals surface area contributed by atoms with Gasteiger partial charge >= 0.3 is 0 Å². The zero-order valence-electron chi connectivity index (χ0n) is 12.0. The molecule has 0 atom stereocenters. The normalized spacial score (nSPS) is 14.1. The average molecular weight is 285 g/mol. The summed E-state index contributed by atoms with van der Waals surface area (Å²) in [7, 11) is 1.64. The van der Waals surface area contributed by atoms with Gasteiger partial charge in [0.1, 0.15) is 11.6 Å². The van der Waals surface area contributed by atoms with Crippen molar-refractivity contribution in [2.75, 3.05) is 31.2 Å². The first kappa shape index (κ1) is 13.6. The van der Waals surface area contributed by atoms with Crippen molar-refractivity contribution in [2.45, 2.75) is 12.8 Å². The van der Waals surface area contributed by atoms with Crippen LogP contribution in [-0.4, -0.2) is 30.2 Å². The predicted octanol–water partition coefficient (Wildman–Crippen LogP) is 1.50. The highest BCUT2D eigenvalue weighted by atomic mass is 16.5. The maximum absolute atomic E-state index is 6.08. The van der Waals surface area contributed by atoms with Crippen LogP contribution in [0.5, 0.6) is 5.75 Å². The zero-order valence-corrected chi connectivity index (χ0v) is 12.0. The number of rotatable bonds is 3. The summed E-state index contributed by atoms with van der Waals surface area (Å²) in [5.41, 5.74) is 9.04. The lowest BCUT2D eigenvalue weighted by molar-refractivity contribution is 0.415. The number of hydrogen-bond donors (Lipinski definition) is 3. The second kappa shape index (κ2) is 5.97. The number of anilines is 3. The number of fused-ring (bicyclic) bond motifs is 1. The van der Waals surface area contributed by atoms with Gasteiger partial charge in [-0.2, -0.15) is 4.98 Å². The summed E-state index contributed by atoms with van der Waals surface area (Å²) in [6.45, 7) is 1.84. The highest BCUT2D eigenvalue weighted by molar-refractivity contribution is 5.58. The molecule has 1 aliphatic rings. The lowest BCUT2D eigenvalue weighted by Crippen LogP contribution is -2.16. The van der Waals surface area contributed by atoms with Gasteiger partial charge in [0.15, 0.2) is 0 Å². The Kier molecular flexibility index (Phi) is 3.87. The minimum atomic E-state index is 0.529. The topological polar surface area (TPSA) is 85.1 Å². The van der Waals surface area contributed by atoms with Crippen molar-refractivity contribution in [1.29, 1.82) is 0 Å². The summed E-state index contributed by atoms with van der Waals surface area (Å²) in [6, 6.07) is 7.64. The SMILES string of the molecule is COc1cccc(Nc2nc(N)c3c(n2)CCNCC3)c1. The van der Waals surface area contributed by atoms with E-state index in [-0.39, 0.29) is 0 Å². The van der Waals surface area contributed by atoms with Gasteiger partial charge in [0.25, 0.3) is 0 Å². The molecule has 1 aliphatic heterocycles. The van der Waals surface area contributed by atoms with Gasteiger partial charge in [-0.05, 0) is 25.1 Å². The lowest BCUT2D eigenvalue weighted by atomic mass is 10.1. The molecule has 0 unspecified atom stereocenters. The Balaban J connectivity index is 1.88. The maximum atomic E-state index is 6.08. The summed E-state index contributed by atoms with van der Waals surface area (Å²) in [4.78, 5) is 8.97. The average Bonchev–Trinajstić information content (AvgIpc) is 2.73. The molecule has 0 amide bonds. The van der Waals surface area contributed by atoms with Crippen molar-refractivity contribution in [1.82, 2.24) is 15.3 Å². The van der Waals surface area contributed by atoms with Gasteiger partial charge in [-0.3, -0.25) is 0 Å². The second-order valence-corrected chi connectivity index (χ2v) is 4.96. The Labute approximate surface area is 123 Å². The van der Waals surface area contributed by atoms with Gasteiger partial charge in [0, 0.05) is 30.3 Å². The van der Waals surface area contributed by atoms with Crippen LogP contribution in [0.25, 0.3) is 0 Å². The first-order valence-corrected chi connectivity index (χ1v) is 7.03. The quantitative estimate of drug-likeness (QED) is 0.792. The first-order chi connectivity index (χ1) is 10.3. The molecule has 4 N–H and O–H groups in total. The largest absolute Gasteiger partial charge is 0.497 e. The van der Waals surface area contributed by atoms with E-state index in [0.717, 1.165) is 48.6 Å². The Hall–Kier alpha value is -2.34. The third-order valence-electron chi connectivity index (χ3n) is 3.54. The van der Waals surface area contributed by atoms with E-state index in [4.69, 9.17) is 10.5 Å². The zero-order chi connectivity index (χ0) is 14.7. The summed E-state index contributed by atoms with van der Waals surface area (Å²) >= 11 is 0. The number of nitrogens with one attached hydrogen (secondary N) is 2. The molecule has 0 aliphatic carbocycles. The van der Waals surface area contributed by atoms with Crippen LogP contribution in [0.15, 0.2) is 24.3 Å². The van der Waals surface area contributed by atoms with Crippen LogP contribution >= 0.6 is 0 Å². The third kappa shape index (κ3) is 3.05. The molecule has 3 rings (SSSR count). The summed E-state index contributed by atoms with van der Waals surface area (Å²) < 4.78 is 5.21. The van der Waals surface area contributed by atoms with Gasteiger partial charge in [0.05, 0.1) is 12.8 Å². The Bertz CT molecular complexity index is 644. The van der Waals surface area contributed by atoms with Gasteiger partial charge in [-0.1, -0.05) is 6.07 Å². The van der Waals surface area contributed by atoms with Crippen LogP contribution in [0.2, 0.25) is 0 Å². The molecule has 0 radical (unpaired) electrons. The number of aromatic nitrogens is 2. The summed E-state index contributed by atoms with van der Waals surface area (Å²) in [6.07, 6.45) is 1.75. The molecule has 0 saturated heterocycles. The molecule has 110 valence electrons. The van der Waals surface area contributed by atoms with Gasteiger partial charge in [-0.15, -0.1) is 0 Å². The van der Waals surface area contributed by atoms with Crippen molar-refractivity contribution >= 4 is 17.5 Å². The van der Waals surface area contributed by atoms with E-state index in [1.54, 1.807) is 7.11 Å². The molecule has 0 saturated carbocycles. The fourth-order valence-corrected chi connectivity index (χ4v) is 2.46. The molecule has 6 heteroatoms. The highest BCUT2D eigenvalue weighted by Gasteiger charge is 2.14. The molecule has 21 heavy (non-hydrogen) atoms. The summed E-state index contributed by atoms with van der Waals surface area (Å²) in [5.74, 6) is 1.88. The molecule has 0 spiro atoms. The molecule has 2 aromatic rings. The fraction of sp³-hybridized carbons (Fsp3) is 0.333. The maximum Gasteiger partial charge on any atom is 0.229 e. The molecular formula is C15H19N5O. The minimum absolute atomic E-state index is 0.529. The standard InChI is InChI=1S/C15H19N5O/c1-21-11-4-2-3-10(9-11)18-15-19-13-6-8-17-7-5-12(13)14(16)20-15/h2-4,9,17H,5-8H2,1H3,(H3,16,18,19,20). The van der Waals surface area contributed by atoms with Crippen molar-refractivity contribution in [2.24, 2.45) is 0 Å². The minimum Gasteiger partial charge on any atom is -0.497 e. The van der Waals surface area contributed by atoms with E-state index in [2.05, 4.69) is 20.6 Å². The molecule has 1 aromatic carbocycles. The van der Waals surface area contributed by atoms with Gasteiger partial charge in [0.2, 0.25) is 5.95 Å². The smallest absolute Gasteiger partial charge is 0.229 e. The second-order valence-electron chi connectivity index (χ2n) is 4.96. The van der Waals surface area contributed by atoms with Crippen LogP contribution in [0.3, 0.4) is 0 Å². The van der Waals surface area contributed by atoms with Crippen LogP contribution in [0.1, 0.15) is 11.3 Å². The number of nitrogens with zero attached hydrogens (tertiary/aromatic N) is 2. The predicted molar refractivity (Wildman–Crippen MR) is 83.0 cm³/mol. The number of ether oxygens (including phenoxy) is 1. The Morgan fingerprint density at radius 3 is 2.95 bits per heavy atom. The van der Waals surface area contributed by atoms with E-state index in [9.17, 15) is 0 Å². The Morgan fingerprint density at radius 2 is 2.10 bits per heavy atom. The number of nitrogen functional groups attached to an aromatic ring is 1. The molecular weight excluding hydrogens is 266 g/mol. The highest BCUT2D eigenvalue weighted by Crippen LogP contribution is 2.23. The van der Waals surface area contributed by atoms with E-state index in [1.165, 1.54) is 0 Å². The van der Waals surface area contributed by atoms with Crippen molar-refractivity contribution in [3.63, 3.8) is 0 Å². The van der Waals surface area contributed by atoms with Gasteiger partial charge in [-0.25, -0.2) is 4.98 Å². The third-order valence-corrected chi connectivity index (χ3v) is 3.54. The molecule has 2 heterocycles. The lowest BCUT2D eigenvalue weighted by Gasteiger charge is -2.11. The molecule has 6 nitrogen and oxygen atoms in total. The van der Waals surface area contributed by atoms with Crippen LogP contribution in [0.4, 0.5) is 17.5 Å². The van der Waals surface area contributed by atoms with Crippen LogP contribution in [0, 0.1) is 0 Å². The van der Waals surface area contributed by atoms with E-state index in [0.29, 0.717) is 11.8 Å². The van der Waals surface area contributed by atoms with E-state index in [1.807, 2.05) is 24.3 Å². The van der Waals surface area contributed by atoms with E-state index >= 15 is 0 Å². The number of methoxy groups -OCH3 is 1. The van der Waals surface area contributed by atoms with Crippen LogP contribution in [-0.2, 0) is 12.8 Å². The first-order valence-electron chi connectivity index (χ1n) is 7.03. The van der Waals surface area contributed by atoms with Crippen molar-refractivity contribution < 1.29 is 4.74 Å². The molecule has 1 aromatic heterocycles. The van der Waals surface area contributed by atoms with Crippen molar-refractivity contribution in [3.05, 3.63) is 35.5 Å². The van der Waals surface area contributed by atoms with E-state index < -0.39 is 0 Å². The fourth-order valence-electron chi connectivity index (χ4n) is 2.46. The number of hydrogen-bond acceptors (Lipinski definition) is 6.